The van der Waals surface area contributed by atoms with E-state index in [1.54, 1.807) is 20.8 Å². The van der Waals surface area contributed by atoms with Gasteiger partial charge in [-0.3, -0.25) is 4.79 Å². The summed E-state index contributed by atoms with van der Waals surface area (Å²) >= 11 is 0. The second kappa shape index (κ2) is 7.93. The summed E-state index contributed by atoms with van der Waals surface area (Å²) in [5.41, 5.74) is 3.08. The van der Waals surface area contributed by atoms with E-state index in [2.05, 4.69) is 26.1 Å². The monoisotopic (exact) mass is 404 g/mol. The van der Waals surface area contributed by atoms with Gasteiger partial charge < -0.3 is 10.1 Å². The molecule has 28 heavy (non-hydrogen) atoms. The molecule has 0 bridgehead atoms. The summed E-state index contributed by atoms with van der Waals surface area (Å²) in [5.74, 6) is 0.204. The number of carbonyl (C=O) groups is 1. The van der Waals surface area contributed by atoms with Gasteiger partial charge in [0.2, 0.25) is 10.0 Å². The van der Waals surface area contributed by atoms with Crippen LogP contribution in [0.5, 0.6) is 5.75 Å². The Labute approximate surface area is 167 Å². The third-order valence-electron chi connectivity index (χ3n) is 4.63. The number of ether oxygens (including phenoxy) is 1. The Morgan fingerprint density at radius 2 is 1.68 bits per heavy atom. The van der Waals surface area contributed by atoms with E-state index in [0.29, 0.717) is 17.0 Å². The highest BCUT2D eigenvalue weighted by molar-refractivity contribution is 7.89. The van der Waals surface area contributed by atoms with Gasteiger partial charge in [-0.2, -0.15) is 0 Å². The molecule has 0 saturated carbocycles. The largest absolute Gasteiger partial charge is 0.481 e. The lowest BCUT2D eigenvalue weighted by atomic mass is 9.87. The zero-order valence-corrected chi connectivity index (χ0v) is 18.0. The first-order valence-electron chi connectivity index (χ1n) is 9.01. The van der Waals surface area contributed by atoms with Gasteiger partial charge in [-0.15, -0.1) is 0 Å². The van der Waals surface area contributed by atoms with Crippen molar-refractivity contribution in [3.05, 3.63) is 53.1 Å². The molecule has 0 aliphatic rings. The van der Waals surface area contributed by atoms with Gasteiger partial charge in [-0.1, -0.05) is 32.9 Å². The van der Waals surface area contributed by atoms with Crippen LogP contribution in [0, 0.1) is 13.8 Å². The van der Waals surface area contributed by atoms with Crippen LogP contribution in [0.4, 0.5) is 5.69 Å². The molecule has 2 aromatic rings. The molecule has 0 heterocycles. The highest BCUT2D eigenvalue weighted by Gasteiger charge is 2.19. The maximum atomic E-state index is 12.6. The van der Waals surface area contributed by atoms with Gasteiger partial charge in [0.05, 0.1) is 4.90 Å². The van der Waals surface area contributed by atoms with E-state index in [9.17, 15) is 13.2 Å². The number of carbonyl (C=O) groups excluding carboxylic acids is 1. The molecule has 0 aromatic heterocycles. The van der Waals surface area contributed by atoms with Crippen molar-refractivity contribution in [3.8, 4) is 5.75 Å². The van der Waals surface area contributed by atoms with Crippen molar-refractivity contribution in [2.24, 2.45) is 5.14 Å². The van der Waals surface area contributed by atoms with E-state index in [1.807, 2.05) is 24.3 Å². The summed E-state index contributed by atoms with van der Waals surface area (Å²) in [7, 11) is -3.87. The average molecular weight is 405 g/mol. The topological polar surface area (TPSA) is 98.5 Å². The van der Waals surface area contributed by atoms with Gasteiger partial charge in [0.25, 0.3) is 5.91 Å². The number of hydrogen-bond acceptors (Lipinski definition) is 4. The van der Waals surface area contributed by atoms with Gasteiger partial charge in [-0.05, 0) is 67.1 Å². The molecule has 0 fully saturated rings. The molecular formula is C21H28N2O4S. The Morgan fingerprint density at radius 1 is 1.11 bits per heavy atom. The Bertz CT molecular complexity index is 975. The summed E-state index contributed by atoms with van der Waals surface area (Å²) in [6.45, 7) is 11.6. The minimum absolute atomic E-state index is 0.0330. The molecule has 2 rings (SSSR count). The maximum Gasteiger partial charge on any atom is 0.265 e. The number of rotatable bonds is 5. The number of amides is 1. The Morgan fingerprint density at radius 3 is 2.18 bits per heavy atom. The molecule has 1 amide bonds. The number of aryl methyl sites for hydroxylation is 1. The van der Waals surface area contributed by atoms with Crippen molar-refractivity contribution in [3.63, 3.8) is 0 Å². The Hall–Kier alpha value is -2.38. The quantitative estimate of drug-likeness (QED) is 0.794. The lowest BCUT2D eigenvalue weighted by molar-refractivity contribution is -0.122. The summed E-state index contributed by atoms with van der Waals surface area (Å²) in [6.07, 6.45) is -0.765. The second-order valence-electron chi connectivity index (χ2n) is 7.98. The lowest BCUT2D eigenvalue weighted by Gasteiger charge is -2.20. The smallest absolute Gasteiger partial charge is 0.265 e. The van der Waals surface area contributed by atoms with E-state index in [-0.39, 0.29) is 16.2 Å². The highest BCUT2D eigenvalue weighted by atomic mass is 32.2. The first-order chi connectivity index (χ1) is 12.8. The fourth-order valence-electron chi connectivity index (χ4n) is 2.65. The normalized spacial score (nSPS) is 13.1. The number of benzene rings is 2. The molecule has 6 nitrogen and oxygen atoms in total. The molecule has 0 aliphatic carbocycles. The third kappa shape index (κ3) is 5.33. The van der Waals surface area contributed by atoms with Crippen molar-refractivity contribution in [2.45, 2.75) is 58.0 Å². The SMILES string of the molecule is Cc1cc(S(N)(=O)=O)cc(NC(=O)[C@@H](C)Oc2ccc(C(C)(C)C)cc2)c1C. The van der Waals surface area contributed by atoms with Crippen molar-refractivity contribution >= 4 is 21.6 Å². The molecule has 1 atom stereocenters. The summed E-state index contributed by atoms with van der Waals surface area (Å²) in [4.78, 5) is 12.5. The Kier molecular flexibility index (Phi) is 6.21. The number of sulfonamides is 1. The maximum absolute atomic E-state index is 12.6. The summed E-state index contributed by atoms with van der Waals surface area (Å²) in [6, 6.07) is 10.5. The number of nitrogens with two attached hydrogens (primary N) is 1. The predicted molar refractivity (Wildman–Crippen MR) is 111 cm³/mol. The molecule has 3 N–H and O–H groups in total. The van der Waals surface area contributed by atoms with Gasteiger partial charge in [0, 0.05) is 5.69 Å². The molecular weight excluding hydrogens is 376 g/mol. The van der Waals surface area contributed by atoms with E-state index in [0.717, 1.165) is 5.56 Å². The molecule has 0 radical (unpaired) electrons. The lowest BCUT2D eigenvalue weighted by Crippen LogP contribution is -2.30. The number of primary sulfonamides is 1. The van der Waals surface area contributed by atoms with Gasteiger partial charge in [0.1, 0.15) is 5.75 Å². The van der Waals surface area contributed by atoms with Gasteiger partial charge in [0.15, 0.2) is 6.10 Å². The van der Waals surface area contributed by atoms with E-state index < -0.39 is 16.1 Å². The zero-order valence-electron chi connectivity index (χ0n) is 17.2. The first-order valence-corrected chi connectivity index (χ1v) is 10.6. The zero-order chi connectivity index (χ0) is 21.3. The molecule has 152 valence electrons. The third-order valence-corrected chi connectivity index (χ3v) is 5.52. The van der Waals surface area contributed by atoms with E-state index in [4.69, 9.17) is 9.88 Å². The van der Waals surface area contributed by atoms with Crippen LogP contribution in [0.2, 0.25) is 0 Å². The van der Waals surface area contributed by atoms with Crippen LogP contribution in [0.15, 0.2) is 41.3 Å². The highest BCUT2D eigenvalue weighted by Crippen LogP contribution is 2.26. The average Bonchev–Trinajstić information content (AvgIpc) is 2.57. The number of hydrogen-bond donors (Lipinski definition) is 2. The van der Waals surface area contributed by atoms with Crippen LogP contribution in [0.25, 0.3) is 0 Å². The number of nitrogens with one attached hydrogen (secondary N) is 1. The van der Waals surface area contributed by atoms with Crippen molar-refractivity contribution in [1.82, 2.24) is 0 Å². The van der Waals surface area contributed by atoms with Gasteiger partial charge >= 0.3 is 0 Å². The fourth-order valence-corrected chi connectivity index (χ4v) is 3.27. The first kappa shape index (κ1) is 21.9. The van der Waals surface area contributed by atoms with Gasteiger partial charge in [-0.25, -0.2) is 13.6 Å². The van der Waals surface area contributed by atoms with E-state index >= 15 is 0 Å². The van der Waals surface area contributed by atoms with Crippen LogP contribution >= 0.6 is 0 Å². The second-order valence-corrected chi connectivity index (χ2v) is 9.54. The van der Waals surface area contributed by atoms with Crippen LogP contribution in [-0.2, 0) is 20.2 Å². The molecule has 0 saturated heterocycles. The summed E-state index contributed by atoms with van der Waals surface area (Å²) in [5, 5.41) is 7.95. The predicted octanol–water partition coefficient (Wildman–Crippen LogP) is 3.65. The molecule has 0 spiro atoms. The number of anilines is 1. The minimum Gasteiger partial charge on any atom is -0.481 e. The molecule has 7 heteroatoms. The van der Waals surface area contributed by atoms with Crippen molar-refractivity contribution in [1.29, 1.82) is 0 Å². The van der Waals surface area contributed by atoms with Crippen molar-refractivity contribution < 1.29 is 17.9 Å². The van der Waals surface area contributed by atoms with E-state index in [1.165, 1.54) is 17.7 Å². The minimum atomic E-state index is -3.87. The van der Waals surface area contributed by atoms with Crippen LogP contribution in [-0.4, -0.2) is 20.4 Å². The summed E-state index contributed by atoms with van der Waals surface area (Å²) < 4.78 is 29.0. The standard InChI is InChI=1S/C21H28N2O4S/c1-13-11-18(28(22,25)26)12-19(14(13)2)23-20(24)15(3)27-17-9-7-16(8-10-17)21(4,5)6/h7-12,15H,1-6H3,(H,23,24)(H2,22,25,26)/t15-/m1/s1. The van der Waals surface area contributed by atoms with Crippen LogP contribution in [0.1, 0.15) is 44.4 Å². The Balaban J connectivity index is 2.16. The van der Waals surface area contributed by atoms with Crippen LogP contribution in [0.3, 0.4) is 0 Å². The molecule has 2 aromatic carbocycles. The fraction of sp³-hybridized carbons (Fsp3) is 0.381. The molecule has 0 aliphatic heterocycles. The van der Waals surface area contributed by atoms with Crippen molar-refractivity contribution in [2.75, 3.05) is 5.32 Å². The van der Waals surface area contributed by atoms with Crippen LogP contribution < -0.4 is 15.2 Å². The molecule has 0 unspecified atom stereocenters.